The van der Waals surface area contributed by atoms with Gasteiger partial charge in [-0.1, -0.05) is 0 Å². The van der Waals surface area contributed by atoms with Gasteiger partial charge in [-0.25, -0.2) is 4.79 Å². The molecule has 0 aromatic carbocycles. The van der Waals surface area contributed by atoms with Gasteiger partial charge < -0.3 is 14.7 Å². The van der Waals surface area contributed by atoms with Gasteiger partial charge in [-0.15, -0.1) is 0 Å². The van der Waals surface area contributed by atoms with E-state index in [9.17, 15) is 9.59 Å². The van der Waals surface area contributed by atoms with Crippen LogP contribution in [-0.4, -0.2) is 47.7 Å². The zero-order valence-corrected chi connectivity index (χ0v) is 9.93. The summed E-state index contributed by atoms with van der Waals surface area (Å²) in [6.45, 7) is 2.13. The molecule has 0 aromatic heterocycles. The van der Waals surface area contributed by atoms with E-state index in [0.717, 1.165) is 32.5 Å². The highest BCUT2D eigenvalue weighted by atomic mass is 16.5. The van der Waals surface area contributed by atoms with E-state index < -0.39 is 12.0 Å². The Bertz CT molecular complexity index is 299. The maximum atomic E-state index is 11.9. The second kappa shape index (κ2) is 5.49. The number of aliphatic carboxylic acids is 1. The van der Waals surface area contributed by atoms with Crippen LogP contribution in [0.4, 0.5) is 0 Å². The molecule has 0 saturated carbocycles. The molecule has 0 radical (unpaired) electrons. The Morgan fingerprint density at radius 3 is 2.82 bits per heavy atom. The van der Waals surface area contributed by atoms with Crippen molar-refractivity contribution in [2.24, 2.45) is 5.92 Å². The number of nitrogens with zero attached hydrogens (tertiary/aromatic N) is 1. The Hall–Kier alpha value is -1.10. The van der Waals surface area contributed by atoms with Crippen molar-refractivity contribution in [2.45, 2.75) is 38.1 Å². The van der Waals surface area contributed by atoms with Crippen LogP contribution in [0.1, 0.15) is 32.1 Å². The minimum absolute atomic E-state index is 0.0122. The van der Waals surface area contributed by atoms with Crippen molar-refractivity contribution in [2.75, 3.05) is 19.8 Å². The first-order chi connectivity index (χ1) is 8.18. The zero-order chi connectivity index (χ0) is 12.3. The second-order valence-corrected chi connectivity index (χ2v) is 4.85. The lowest BCUT2D eigenvalue weighted by molar-refractivity contribution is -0.148. The minimum atomic E-state index is -0.875. The van der Waals surface area contributed by atoms with Crippen LogP contribution in [0.3, 0.4) is 0 Å². The number of ether oxygens (including phenoxy) is 1. The lowest BCUT2D eigenvalue weighted by atomic mass is 10.0. The van der Waals surface area contributed by atoms with E-state index in [4.69, 9.17) is 9.84 Å². The Morgan fingerprint density at radius 1 is 1.35 bits per heavy atom. The summed E-state index contributed by atoms with van der Waals surface area (Å²) in [4.78, 5) is 24.4. The zero-order valence-electron chi connectivity index (χ0n) is 9.93. The quantitative estimate of drug-likeness (QED) is 0.793. The molecule has 0 aliphatic carbocycles. The van der Waals surface area contributed by atoms with Gasteiger partial charge >= 0.3 is 5.97 Å². The highest BCUT2D eigenvalue weighted by Crippen LogP contribution is 2.22. The number of hydrogen-bond acceptors (Lipinski definition) is 3. The third kappa shape index (κ3) is 2.97. The highest BCUT2D eigenvalue weighted by molar-refractivity contribution is 5.84. The molecule has 5 heteroatoms. The predicted molar refractivity (Wildman–Crippen MR) is 60.5 cm³/mol. The number of likely N-dealkylation sites (tertiary alicyclic amines) is 1. The van der Waals surface area contributed by atoms with Crippen LogP contribution >= 0.6 is 0 Å². The average molecular weight is 241 g/mol. The molecule has 2 aliphatic heterocycles. The minimum Gasteiger partial charge on any atom is -0.480 e. The third-order valence-corrected chi connectivity index (χ3v) is 3.65. The first-order valence-corrected chi connectivity index (χ1v) is 6.28. The van der Waals surface area contributed by atoms with Crippen molar-refractivity contribution in [3.63, 3.8) is 0 Å². The van der Waals surface area contributed by atoms with E-state index in [0.29, 0.717) is 25.3 Å². The number of carboxylic acid groups (broad SMARTS) is 1. The fraction of sp³-hybridized carbons (Fsp3) is 0.833. The molecule has 2 aliphatic rings. The topological polar surface area (TPSA) is 66.8 Å². The predicted octanol–water partition coefficient (Wildman–Crippen LogP) is 0.879. The molecule has 0 aromatic rings. The molecule has 2 heterocycles. The second-order valence-electron chi connectivity index (χ2n) is 4.85. The van der Waals surface area contributed by atoms with Gasteiger partial charge in [-0.05, 0) is 31.6 Å². The number of carbonyl (C=O) groups excluding carboxylic acids is 1. The molecule has 2 saturated heterocycles. The van der Waals surface area contributed by atoms with Crippen LogP contribution in [0.5, 0.6) is 0 Å². The molecule has 1 N–H and O–H groups in total. The van der Waals surface area contributed by atoms with Gasteiger partial charge in [-0.2, -0.15) is 0 Å². The summed E-state index contributed by atoms with van der Waals surface area (Å²) in [5.41, 5.74) is 0. The largest absolute Gasteiger partial charge is 0.480 e. The lowest BCUT2D eigenvalue weighted by Gasteiger charge is -2.21. The number of carboxylic acids is 1. The highest BCUT2D eigenvalue weighted by Gasteiger charge is 2.33. The van der Waals surface area contributed by atoms with E-state index in [2.05, 4.69) is 0 Å². The summed E-state index contributed by atoms with van der Waals surface area (Å²) < 4.78 is 5.26. The molecule has 1 amide bonds. The van der Waals surface area contributed by atoms with Gasteiger partial charge in [0.1, 0.15) is 6.04 Å². The van der Waals surface area contributed by atoms with Gasteiger partial charge in [0.2, 0.25) is 5.91 Å². The first-order valence-electron chi connectivity index (χ1n) is 6.28. The summed E-state index contributed by atoms with van der Waals surface area (Å²) in [6.07, 6.45) is 3.69. The van der Waals surface area contributed by atoms with Crippen LogP contribution in [0.25, 0.3) is 0 Å². The summed E-state index contributed by atoms with van der Waals surface area (Å²) in [5.74, 6) is -0.410. The number of hydrogen-bond donors (Lipinski definition) is 1. The third-order valence-electron chi connectivity index (χ3n) is 3.65. The normalized spacial score (nSPS) is 28.6. The Kier molecular flexibility index (Phi) is 3.99. The van der Waals surface area contributed by atoms with Crippen molar-refractivity contribution in [1.82, 2.24) is 4.90 Å². The van der Waals surface area contributed by atoms with Gasteiger partial charge in [0, 0.05) is 26.2 Å². The SMILES string of the molecule is O=C(O)[C@@H]1CCCN1C(=O)CC[C@@H]1CCOC1. The molecule has 0 bridgehead atoms. The van der Waals surface area contributed by atoms with E-state index in [1.165, 1.54) is 4.90 Å². The van der Waals surface area contributed by atoms with Crippen molar-refractivity contribution >= 4 is 11.9 Å². The number of rotatable bonds is 4. The van der Waals surface area contributed by atoms with Crippen LogP contribution in [0.2, 0.25) is 0 Å². The summed E-state index contributed by atoms with van der Waals surface area (Å²) in [7, 11) is 0. The molecule has 2 rings (SSSR count). The summed E-state index contributed by atoms with van der Waals surface area (Å²) in [5, 5.41) is 9.00. The summed E-state index contributed by atoms with van der Waals surface area (Å²) >= 11 is 0. The van der Waals surface area contributed by atoms with Crippen molar-refractivity contribution in [1.29, 1.82) is 0 Å². The van der Waals surface area contributed by atoms with Gasteiger partial charge in [0.05, 0.1) is 0 Å². The van der Waals surface area contributed by atoms with E-state index in [1.54, 1.807) is 0 Å². The fourth-order valence-corrected chi connectivity index (χ4v) is 2.60. The smallest absolute Gasteiger partial charge is 0.326 e. The Morgan fingerprint density at radius 2 is 2.18 bits per heavy atom. The first kappa shape index (κ1) is 12.4. The molecule has 2 atom stereocenters. The molecule has 5 nitrogen and oxygen atoms in total. The maximum absolute atomic E-state index is 11.9. The van der Waals surface area contributed by atoms with E-state index in [1.807, 2.05) is 0 Å². The molecule has 17 heavy (non-hydrogen) atoms. The molecule has 2 fully saturated rings. The van der Waals surface area contributed by atoms with Crippen LogP contribution in [-0.2, 0) is 14.3 Å². The monoisotopic (exact) mass is 241 g/mol. The number of carbonyl (C=O) groups is 2. The molecule has 96 valence electrons. The molecular formula is C12H19NO4. The number of amides is 1. The maximum Gasteiger partial charge on any atom is 0.326 e. The van der Waals surface area contributed by atoms with E-state index in [-0.39, 0.29) is 5.91 Å². The van der Waals surface area contributed by atoms with Crippen molar-refractivity contribution < 1.29 is 19.4 Å². The molecule has 0 unspecified atom stereocenters. The van der Waals surface area contributed by atoms with E-state index >= 15 is 0 Å². The molecular weight excluding hydrogens is 222 g/mol. The fourth-order valence-electron chi connectivity index (χ4n) is 2.60. The van der Waals surface area contributed by atoms with Crippen LogP contribution in [0.15, 0.2) is 0 Å². The Balaban J connectivity index is 1.80. The van der Waals surface area contributed by atoms with Crippen molar-refractivity contribution in [3.8, 4) is 0 Å². The van der Waals surface area contributed by atoms with Crippen LogP contribution < -0.4 is 0 Å². The molecule has 0 spiro atoms. The lowest BCUT2D eigenvalue weighted by Crippen LogP contribution is -2.40. The van der Waals surface area contributed by atoms with Crippen molar-refractivity contribution in [3.05, 3.63) is 0 Å². The standard InChI is InChI=1S/C12H19NO4/c14-11(4-3-9-5-7-17-8-9)13-6-1-2-10(13)12(15)16/h9-10H,1-8H2,(H,15,16)/t9-,10+/m1/s1. The van der Waals surface area contributed by atoms with Crippen LogP contribution in [0, 0.1) is 5.92 Å². The van der Waals surface area contributed by atoms with Gasteiger partial charge in [0.25, 0.3) is 0 Å². The average Bonchev–Trinajstić information content (AvgIpc) is 2.96. The Labute approximate surface area is 101 Å². The van der Waals surface area contributed by atoms with Gasteiger partial charge in [0.15, 0.2) is 0 Å². The summed E-state index contributed by atoms with van der Waals surface area (Å²) in [6, 6.07) is -0.595. The van der Waals surface area contributed by atoms with Gasteiger partial charge in [-0.3, -0.25) is 4.79 Å².